The molecule has 0 saturated carbocycles. The Balaban J connectivity index is 1.67. The monoisotopic (exact) mass is 408 g/mol. The first-order chi connectivity index (χ1) is 13.3. The van der Waals surface area contributed by atoms with Crippen LogP contribution in [0.4, 0.5) is 18.9 Å². The van der Waals surface area contributed by atoms with Crippen LogP contribution in [-0.4, -0.2) is 17.4 Å². The van der Waals surface area contributed by atoms with Gasteiger partial charge in [0, 0.05) is 16.6 Å². The van der Waals surface area contributed by atoms with E-state index in [1.165, 1.54) is 23.9 Å². The van der Waals surface area contributed by atoms with Crippen molar-refractivity contribution in [3.63, 3.8) is 0 Å². The summed E-state index contributed by atoms with van der Waals surface area (Å²) in [7, 11) is 0. The van der Waals surface area contributed by atoms with Gasteiger partial charge in [-0.2, -0.15) is 0 Å². The molecule has 1 N–H and O–H groups in total. The molecule has 0 spiro atoms. The maximum absolute atomic E-state index is 12.6. The first-order valence-electron chi connectivity index (χ1n) is 8.11. The van der Waals surface area contributed by atoms with E-state index < -0.39 is 6.36 Å². The first kappa shape index (κ1) is 19.8. The number of anilines is 1. The van der Waals surface area contributed by atoms with Crippen LogP contribution in [0.2, 0.25) is 0 Å². The van der Waals surface area contributed by atoms with Crippen LogP contribution in [0, 0.1) is 6.92 Å². The maximum atomic E-state index is 12.6. The third kappa shape index (κ3) is 5.53. The van der Waals surface area contributed by atoms with Crippen molar-refractivity contribution < 1.29 is 27.2 Å². The van der Waals surface area contributed by atoms with Crippen LogP contribution in [0.5, 0.6) is 5.75 Å². The Morgan fingerprint density at radius 3 is 2.54 bits per heavy atom. The summed E-state index contributed by atoms with van der Waals surface area (Å²) in [4.78, 5) is 13.3. The zero-order valence-corrected chi connectivity index (χ0v) is 15.4. The number of rotatable bonds is 6. The number of carbonyl (C=O) groups excluding carboxylic acids is 1. The number of ether oxygens (including phenoxy) is 1. The topological polar surface area (TPSA) is 64.4 Å². The van der Waals surface area contributed by atoms with Gasteiger partial charge in [-0.3, -0.25) is 4.79 Å². The fraction of sp³-hybridized carbons (Fsp3) is 0.158. The van der Waals surface area contributed by atoms with Crippen molar-refractivity contribution in [1.29, 1.82) is 0 Å². The second-order valence-corrected chi connectivity index (χ2v) is 6.76. The highest BCUT2D eigenvalue weighted by Crippen LogP contribution is 2.28. The van der Waals surface area contributed by atoms with Crippen LogP contribution < -0.4 is 10.1 Å². The van der Waals surface area contributed by atoms with Gasteiger partial charge in [0.25, 0.3) is 5.91 Å². The van der Waals surface area contributed by atoms with Crippen molar-refractivity contribution in [2.45, 2.75) is 23.9 Å². The number of carbonyl (C=O) groups is 1. The number of aromatic nitrogens is 1. The van der Waals surface area contributed by atoms with Gasteiger partial charge in [-0.05, 0) is 43.3 Å². The SMILES string of the molecule is Cc1cc(CSc2ccccc2C(=O)Nc2ccc(OC(F)(F)F)cc2)on1. The molecular formula is C19H15F3N2O3S. The van der Waals surface area contributed by atoms with Crippen LogP contribution in [0.3, 0.4) is 0 Å². The Labute approximate surface area is 162 Å². The largest absolute Gasteiger partial charge is 0.573 e. The number of nitrogens with zero attached hydrogens (tertiary/aromatic N) is 1. The standard InChI is InChI=1S/C19H15F3N2O3S/c1-12-10-15(27-24-12)11-28-17-5-3-2-4-16(17)18(25)23-13-6-8-14(9-7-13)26-19(20,21)22/h2-10H,11H2,1H3,(H,23,25). The molecule has 0 aliphatic carbocycles. The van der Waals surface area contributed by atoms with E-state index in [1.54, 1.807) is 12.1 Å². The molecule has 9 heteroatoms. The Morgan fingerprint density at radius 2 is 1.89 bits per heavy atom. The van der Waals surface area contributed by atoms with E-state index in [0.29, 0.717) is 22.8 Å². The third-order valence-corrected chi connectivity index (χ3v) is 4.62. The van der Waals surface area contributed by atoms with Crippen molar-refractivity contribution in [2.75, 3.05) is 5.32 Å². The summed E-state index contributed by atoms with van der Waals surface area (Å²) in [5, 5.41) is 6.49. The highest BCUT2D eigenvalue weighted by Gasteiger charge is 2.31. The molecule has 146 valence electrons. The van der Waals surface area contributed by atoms with E-state index >= 15 is 0 Å². The van der Waals surface area contributed by atoms with Gasteiger partial charge in [0.05, 0.1) is 17.0 Å². The van der Waals surface area contributed by atoms with Gasteiger partial charge >= 0.3 is 6.36 Å². The fourth-order valence-electron chi connectivity index (χ4n) is 2.35. The van der Waals surface area contributed by atoms with E-state index in [4.69, 9.17) is 4.52 Å². The fourth-order valence-corrected chi connectivity index (χ4v) is 3.28. The highest BCUT2D eigenvalue weighted by atomic mass is 32.2. The van der Waals surface area contributed by atoms with Gasteiger partial charge in [-0.15, -0.1) is 24.9 Å². The van der Waals surface area contributed by atoms with Crippen molar-refractivity contribution in [1.82, 2.24) is 5.16 Å². The minimum Gasteiger partial charge on any atom is -0.406 e. The maximum Gasteiger partial charge on any atom is 0.573 e. The molecule has 28 heavy (non-hydrogen) atoms. The number of nitrogens with one attached hydrogen (secondary N) is 1. The molecule has 0 atom stereocenters. The van der Waals surface area contributed by atoms with Crippen molar-refractivity contribution in [3.05, 3.63) is 71.6 Å². The number of hydrogen-bond acceptors (Lipinski definition) is 5. The minimum absolute atomic E-state index is 0.352. The van der Waals surface area contributed by atoms with Crippen LogP contribution >= 0.6 is 11.8 Å². The lowest BCUT2D eigenvalue weighted by Crippen LogP contribution is -2.17. The van der Waals surface area contributed by atoms with Gasteiger partial charge in [0.2, 0.25) is 0 Å². The van der Waals surface area contributed by atoms with Crippen molar-refractivity contribution >= 4 is 23.4 Å². The predicted octanol–water partition coefficient (Wildman–Crippen LogP) is 5.43. The molecule has 1 amide bonds. The predicted molar refractivity (Wildman–Crippen MR) is 98.3 cm³/mol. The molecule has 2 aromatic carbocycles. The first-order valence-corrected chi connectivity index (χ1v) is 9.10. The quantitative estimate of drug-likeness (QED) is 0.551. The zero-order valence-electron chi connectivity index (χ0n) is 14.6. The normalized spacial score (nSPS) is 11.3. The summed E-state index contributed by atoms with van der Waals surface area (Å²) in [6, 6.07) is 13.8. The number of halogens is 3. The summed E-state index contributed by atoms with van der Waals surface area (Å²) in [6.07, 6.45) is -4.76. The Morgan fingerprint density at radius 1 is 1.18 bits per heavy atom. The number of thioether (sulfide) groups is 1. The van der Waals surface area contributed by atoms with Crippen LogP contribution in [0.15, 0.2) is 64.0 Å². The molecule has 0 bridgehead atoms. The van der Waals surface area contributed by atoms with Gasteiger partial charge in [0.1, 0.15) is 11.5 Å². The van der Waals surface area contributed by atoms with E-state index in [0.717, 1.165) is 22.7 Å². The molecule has 3 aromatic rings. The number of amides is 1. The van der Waals surface area contributed by atoms with E-state index in [1.807, 2.05) is 25.1 Å². The molecule has 3 rings (SSSR count). The molecule has 1 aromatic heterocycles. The third-order valence-electron chi connectivity index (χ3n) is 3.52. The summed E-state index contributed by atoms with van der Waals surface area (Å²) < 4.78 is 45.6. The molecule has 5 nitrogen and oxygen atoms in total. The molecular weight excluding hydrogens is 393 g/mol. The number of alkyl halides is 3. The summed E-state index contributed by atoms with van der Waals surface area (Å²) in [5.74, 6) is 0.470. The molecule has 0 fully saturated rings. The second-order valence-electron chi connectivity index (χ2n) is 5.75. The Hall–Kier alpha value is -2.94. The summed E-state index contributed by atoms with van der Waals surface area (Å²) in [5.41, 5.74) is 1.57. The van der Waals surface area contributed by atoms with Gasteiger partial charge in [0.15, 0.2) is 0 Å². The van der Waals surface area contributed by atoms with Crippen molar-refractivity contribution in [3.8, 4) is 5.75 Å². The van der Waals surface area contributed by atoms with Crippen LogP contribution in [0.1, 0.15) is 21.8 Å². The summed E-state index contributed by atoms with van der Waals surface area (Å²) >= 11 is 1.42. The highest BCUT2D eigenvalue weighted by molar-refractivity contribution is 7.98. The van der Waals surface area contributed by atoms with Gasteiger partial charge in [-0.25, -0.2) is 0 Å². The van der Waals surface area contributed by atoms with Gasteiger partial charge < -0.3 is 14.6 Å². The molecule has 0 aliphatic heterocycles. The molecule has 0 aliphatic rings. The lowest BCUT2D eigenvalue weighted by molar-refractivity contribution is -0.274. The zero-order chi connectivity index (χ0) is 20.1. The van der Waals surface area contributed by atoms with E-state index in [2.05, 4.69) is 15.2 Å². The lowest BCUT2D eigenvalue weighted by Gasteiger charge is -2.11. The summed E-state index contributed by atoms with van der Waals surface area (Å²) in [6.45, 7) is 1.82. The van der Waals surface area contributed by atoms with E-state index in [-0.39, 0.29) is 11.7 Å². The number of hydrogen-bond donors (Lipinski definition) is 1. The average molecular weight is 408 g/mol. The minimum atomic E-state index is -4.76. The van der Waals surface area contributed by atoms with E-state index in [9.17, 15) is 18.0 Å². The Kier molecular flexibility index (Phi) is 5.93. The van der Waals surface area contributed by atoms with Crippen LogP contribution in [-0.2, 0) is 5.75 Å². The lowest BCUT2D eigenvalue weighted by atomic mass is 10.2. The molecule has 0 radical (unpaired) electrons. The number of aryl methyl sites for hydroxylation is 1. The second kappa shape index (κ2) is 8.39. The number of benzene rings is 2. The Bertz CT molecular complexity index is 956. The average Bonchev–Trinajstić information content (AvgIpc) is 3.06. The van der Waals surface area contributed by atoms with Gasteiger partial charge in [-0.1, -0.05) is 17.3 Å². The van der Waals surface area contributed by atoms with Crippen LogP contribution in [0.25, 0.3) is 0 Å². The smallest absolute Gasteiger partial charge is 0.406 e. The molecule has 0 saturated heterocycles. The van der Waals surface area contributed by atoms with Crippen molar-refractivity contribution in [2.24, 2.45) is 0 Å². The molecule has 1 heterocycles. The molecule has 0 unspecified atom stereocenters.